The van der Waals surface area contributed by atoms with Crippen molar-refractivity contribution in [1.29, 1.82) is 0 Å². The topological polar surface area (TPSA) is 43.4 Å². The summed E-state index contributed by atoms with van der Waals surface area (Å²) < 4.78 is 16.2. The normalized spacial score (nSPS) is 12.8. The van der Waals surface area contributed by atoms with Crippen molar-refractivity contribution in [3.05, 3.63) is 54.4 Å². The molecule has 0 aliphatic carbocycles. The van der Waals surface area contributed by atoms with Gasteiger partial charge in [0, 0.05) is 12.2 Å². The number of esters is 2. The highest BCUT2D eigenvalue weighted by Gasteiger charge is 2.10. The Morgan fingerprint density at radius 3 is 1.88 bits per heavy atom. The van der Waals surface area contributed by atoms with E-state index in [9.17, 15) is 14.0 Å². The lowest BCUT2D eigenvalue weighted by Crippen LogP contribution is -1.96. The fraction of sp³-hybridized carbons (Fsp3) is 0. The molecule has 1 aliphatic heterocycles. The lowest BCUT2D eigenvalue weighted by atomic mass is 10.2. The minimum atomic E-state index is -0.579. The molecule has 0 saturated carbocycles. The minimum absolute atomic E-state index is 0.208. The van der Waals surface area contributed by atoms with E-state index in [-0.39, 0.29) is 5.82 Å². The van der Waals surface area contributed by atoms with Crippen molar-refractivity contribution < 1.29 is 18.7 Å². The quantitative estimate of drug-likeness (QED) is 0.537. The van der Waals surface area contributed by atoms with Gasteiger partial charge in [-0.1, -0.05) is 24.8 Å². The molecule has 1 aliphatic rings. The van der Waals surface area contributed by atoms with E-state index in [2.05, 4.69) is 11.3 Å². The second-order valence-electron chi connectivity index (χ2n) is 2.83. The highest BCUT2D eigenvalue weighted by molar-refractivity contribution is 6.04. The Kier molecular flexibility index (Phi) is 4.15. The smallest absolute Gasteiger partial charge is 0.338 e. The van der Waals surface area contributed by atoms with Crippen LogP contribution in [0.1, 0.15) is 5.56 Å². The van der Waals surface area contributed by atoms with Gasteiger partial charge in [0.1, 0.15) is 5.82 Å². The number of halogens is 1. The molecule has 2 rings (SSSR count). The molecule has 4 heteroatoms. The predicted molar refractivity (Wildman–Crippen MR) is 56.7 cm³/mol. The maximum Gasteiger partial charge on any atom is 0.338 e. The van der Waals surface area contributed by atoms with E-state index < -0.39 is 11.9 Å². The van der Waals surface area contributed by atoms with E-state index in [0.717, 1.165) is 17.7 Å². The third-order valence-corrected chi connectivity index (χ3v) is 1.66. The van der Waals surface area contributed by atoms with Gasteiger partial charge < -0.3 is 4.74 Å². The average Bonchev–Trinajstić information content (AvgIpc) is 2.65. The molecule has 16 heavy (non-hydrogen) atoms. The molecule has 0 saturated heterocycles. The molecule has 1 aromatic rings. The van der Waals surface area contributed by atoms with Crippen LogP contribution in [0.25, 0.3) is 6.08 Å². The zero-order valence-corrected chi connectivity index (χ0v) is 8.35. The molecule has 0 N–H and O–H groups in total. The van der Waals surface area contributed by atoms with Gasteiger partial charge in [-0.3, -0.25) is 0 Å². The van der Waals surface area contributed by atoms with Crippen LogP contribution in [0.4, 0.5) is 4.39 Å². The molecule has 3 nitrogen and oxygen atoms in total. The summed E-state index contributed by atoms with van der Waals surface area (Å²) in [7, 11) is 0. The summed E-state index contributed by atoms with van der Waals surface area (Å²) >= 11 is 0. The lowest BCUT2D eigenvalue weighted by Gasteiger charge is -1.88. The van der Waals surface area contributed by atoms with Gasteiger partial charge in [0.25, 0.3) is 0 Å². The zero-order chi connectivity index (χ0) is 12.0. The first-order chi connectivity index (χ1) is 7.61. The van der Waals surface area contributed by atoms with Crippen LogP contribution in [0.15, 0.2) is 43.0 Å². The molecule has 0 fully saturated rings. The van der Waals surface area contributed by atoms with Crippen LogP contribution in [0, 0.1) is 5.82 Å². The van der Waals surface area contributed by atoms with Gasteiger partial charge in [-0.15, -0.1) is 0 Å². The number of carbonyl (C=O) groups is 2. The number of hydrogen-bond donors (Lipinski definition) is 0. The molecule has 0 atom stereocenters. The average molecular weight is 220 g/mol. The number of cyclic esters (lactones) is 2. The Morgan fingerprint density at radius 1 is 1.06 bits per heavy atom. The van der Waals surface area contributed by atoms with Crippen LogP contribution in [0.5, 0.6) is 0 Å². The third kappa shape index (κ3) is 3.88. The van der Waals surface area contributed by atoms with Crippen LogP contribution < -0.4 is 0 Å². The summed E-state index contributed by atoms with van der Waals surface area (Å²) in [5.41, 5.74) is 0.941. The minimum Gasteiger partial charge on any atom is -0.387 e. The van der Waals surface area contributed by atoms with Crippen molar-refractivity contribution in [2.24, 2.45) is 0 Å². The van der Waals surface area contributed by atoms with Crippen molar-refractivity contribution >= 4 is 18.0 Å². The molecule has 0 unspecified atom stereocenters. The summed E-state index contributed by atoms with van der Waals surface area (Å²) in [6.45, 7) is 3.54. The highest BCUT2D eigenvalue weighted by Crippen LogP contribution is 2.02. The number of carbonyl (C=O) groups excluding carboxylic acids is 2. The monoisotopic (exact) mass is 220 g/mol. The molecule has 0 spiro atoms. The van der Waals surface area contributed by atoms with E-state index in [1.54, 1.807) is 18.2 Å². The highest BCUT2D eigenvalue weighted by atomic mass is 19.1. The zero-order valence-electron chi connectivity index (χ0n) is 8.35. The molecule has 1 aromatic carbocycles. The van der Waals surface area contributed by atoms with Crippen LogP contribution in [0.3, 0.4) is 0 Å². The summed E-state index contributed by atoms with van der Waals surface area (Å²) in [5, 5.41) is 0. The SMILES string of the molecule is C=Cc1ccc(F)cc1.O=C1C=CC(=O)O1. The van der Waals surface area contributed by atoms with E-state index in [1.165, 1.54) is 12.1 Å². The number of ether oxygens (including phenoxy) is 1. The first-order valence-electron chi connectivity index (χ1n) is 4.43. The molecule has 1 heterocycles. The van der Waals surface area contributed by atoms with E-state index in [0.29, 0.717) is 0 Å². The number of benzene rings is 1. The van der Waals surface area contributed by atoms with Gasteiger partial charge in [0.15, 0.2) is 0 Å². The van der Waals surface area contributed by atoms with Gasteiger partial charge in [0.05, 0.1) is 0 Å². The Hall–Kier alpha value is -2.23. The maximum atomic E-state index is 12.2. The maximum absolute atomic E-state index is 12.2. The van der Waals surface area contributed by atoms with Crippen molar-refractivity contribution in [3.63, 3.8) is 0 Å². The van der Waals surface area contributed by atoms with Crippen molar-refractivity contribution in [2.75, 3.05) is 0 Å². The molecular weight excluding hydrogens is 211 g/mol. The summed E-state index contributed by atoms with van der Waals surface area (Å²) in [6, 6.07) is 6.19. The molecule has 82 valence electrons. The first-order valence-corrected chi connectivity index (χ1v) is 4.43. The van der Waals surface area contributed by atoms with Gasteiger partial charge >= 0.3 is 11.9 Å². The van der Waals surface area contributed by atoms with E-state index in [1.807, 2.05) is 0 Å². The summed E-state index contributed by atoms with van der Waals surface area (Å²) in [4.78, 5) is 19.8. The predicted octanol–water partition coefficient (Wildman–Crippen LogP) is 2.09. The van der Waals surface area contributed by atoms with Gasteiger partial charge in [0.2, 0.25) is 0 Å². The van der Waals surface area contributed by atoms with Crippen LogP contribution >= 0.6 is 0 Å². The summed E-state index contributed by atoms with van der Waals surface area (Å²) in [6.07, 6.45) is 3.85. The molecule has 0 aromatic heterocycles. The van der Waals surface area contributed by atoms with Crippen molar-refractivity contribution in [1.82, 2.24) is 0 Å². The molecular formula is C12H9FO3. The Bertz CT molecular complexity index is 416. The van der Waals surface area contributed by atoms with Crippen LogP contribution in [0.2, 0.25) is 0 Å². The Labute approximate surface area is 91.8 Å². The second-order valence-corrected chi connectivity index (χ2v) is 2.83. The van der Waals surface area contributed by atoms with Gasteiger partial charge in [-0.05, 0) is 17.7 Å². The van der Waals surface area contributed by atoms with Gasteiger partial charge in [-0.25, -0.2) is 14.0 Å². The molecule has 0 bridgehead atoms. The summed E-state index contributed by atoms with van der Waals surface area (Å²) in [5.74, 6) is -1.37. The van der Waals surface area contributed by atoms with Crippen LogP contribution in [-0.4, -0.2) is 11.9 Å². The number of rotatable bonds is 1. The fourth-order valence-corrected chi connectivity index (χ4v) is 0.902. The fourth-order valence-electron chi connectivity index (χ4n) is 0.902. The van der Waals surface area contributed by atoms with Gasteiger partial charge in [-0.2, -0.15) is 0 Å². The molecule has 0 amide bonds. The van der Waals surface area contributed by atoms with Crippen LogP contribution in [-0.2, 0) is 14.3 Å². The third-order valence-electron chi connectivity index (χ3n) is 1.66. The van der Waals surface area contributed by atoms with Crippen molar-refractivity contribution in [2.45, 2.75) is 0 Å². The standard InChI is InChI=1S/C8H7F.C4H2O3/c1-2-7-3-5-8(9)6-4-7;5-3-1-2-4(6)7-3/h2-6H,1H2;1-2H. The largest absolute Gasteiger partial charge is 0.387 e. The molecule has 0 radical (unpaired) electrons. The van der Waals surface area contributed by atoms with E-state index in [4.69, 9.17) is 0 Å². The Balaban J connectivity index is 0.000000165. The Morgan fingerprint density at radius 2 is 1.56 bits per heavy atom. The van der Waals surface area contributed by atoms with Crippen molar-refractivity contribution in [3.8, 4) is 0 Å². The second kappa shape index (κ2) is 5.60. The first kappa shape index (κ1) is 11.8. The number of hydrogen-bond acceptors (Lipinski definition) is 3. The lowest BCUT2D eigenvalue weighted by molar-refractivity contribution is -0.150. The van der Waals surface area contributed by atoms with E-state index >= 15 is 0 Å².